The minimum atomic E-state index is 0.760. The van der Waals surface area contributed by atoms with Crippen molar-refractivity contribution in [3.8, 4) is 0 Å². The molecule has 3 heteroatoms. The molecule has 1 heterocycles. The Hall–Kier alpha value is -2.29. The number of nitrogens with two attached hydrogens (primary N) is 1. The summed E-state index contributed by atoms with van der Waals surface area (Å²) >= 11 is 0. The summed E-state index contributed by atoms with van der Waals surface area (Å²) < 4.78 is 2.17. The number of aryl methyl sites for hydroxylation is 2. The average molecular weight is 237 g/mol. The number of hydrogen-bond donors (Lipinski definition) is 1. The van der Waals surface area contributed by atoms with Crippen molar-refractivity contribution in [1.82, 2.24) is 9.55 Å². The first kappa shape index (κ1) is 10.8. The number of anilines is 1. The molecule has 0 radical (unpaired) electrons. The van der Waals surface area contributed by atoms with Gasteiger partial charge in [0.1, 0.15) is 0 Å². The maximum atomic E-state index is 5.75. The van der Waals surface area contributed by atoms with Crippen LogP contribution in [-0.4, -0.2) is 9.55 Å². The molecule has 0 unspecified atom stereocenters. The Morgan fingerprint density at radius 3 is 2.72 bits per heavy atom. The zero-order valence-corrected chi connectivity index (χ0v) is 10.1. The fourth-order valence-electron chi connectivity index (χ4n) is 2.15. The highest BCUT2D eigenvalue weighted by Gasteiger charge is 2.02. The van der Waals surface area contributed by atoms with Crippen LogP contribution in [0.5, 0.6) is 0 Å². The number of imidazole rings is 1. The monoisotopic (exact) mass is 237 g/mol. The van der Waals surface area contributed by atoms with Gasteiger partial charge in [-0.25, -0.2) is 4.98 Å². The predicted octanol–water partition coefficient (Wildman–Crippen LogP) is 2.86. The smallest absolute Gasteiger partial charge is 0.0958 e. The van der Waals surface area contributed by atoms with E-state index >= 15 is 0 Å². The molecule has 0 atom stereocenters. The van der Waals surface area contributed by atoms with Crippen molar-refractivity contribution in [2.24, 2.45) is 0 Å². The average Bonchev–Trinajstić information content (AvgIpc) is 2.80. The summed E-state index contributed by atoms with van der Waals surface area (Å²) in [4.78, 5) is 4.37. The van der Waals surface area contributed by atoms with E-state index < -0.39 is 0 Å². The van der Waals surface area contributed by atoms with Gasteiger partial charge in [-0.1, -0.05) is 30.3 Å². The number of nitrogen functional groups attached to an aromatic ring is 1. The van der Waals surface area contributed by atoms with Crippen LogP contribution in [0.1, 0.15) is 5.56 Å². The fraction of sp³-hybridized carbons (Fsp3) is 0.133. The Morgan fingerprint density at radius 2 is 1.89 bits per heavy atom. The van der Waals surface area contributed by atoms with Crippen molar-refractivity contribution in [2.75, 3.05) is 5.73 Å². The van der Waals surface area contributed by atoms with Crippen LogP contribution in [0, 0.1) is 0 Å². The van der Waals surface area contributed by atoms with Crippen LogP contribution in [0.2, 0.25) is 0 Å². The first-order chi connectivity index (χ1) is 8.83. The van der Waals surface area contributed by atoms with E-state index in [0.717, 1.165) is 29.7 Å². The largest absolute Gasteiger partial charge is 0.399 e. The molecule has 0 bridgehead atoms. The summed E-state index contributed by atoms with van der Waals surface area (Å²) in [6.45, 7) is 0.935. The van der Waals surface area contributed by atoms with E-state index in [2.05, 4.69) is 33.8 Å². The van der Waals surface area contributed by atoms with Gasteiger partial charge >= 0.3 is 0 Å². The van der Waals surface area contributed by atoms with Gasteiger partial charge in [0, 0.05) is 12.2 Å². The van der Waals surface area contributed by atoms with Gasteiger partial charge in [0.2, 0.25) is 0 Å². The lowest BCUT2D eigenvalue weighted by atomic mass is 10.1. The van der Waals surface area contributed by atoms with Crippen LogP contribution in [0.25, 0.3) is 11.0 Å². The maximum absolute atomic E-state index is 5.75. The molecule has 0 aliphatic heterocycles. The summed E-state index contributed by atoms with van der Waals surface area (Å²) in [5.74, 6) is 0. The van der Waals surface area contributed by atoms with E-state index in [1.165, 1.54) is 5.56 Å². The zero-order valence-electron chi connectivity index (χ0n) is 10.1. The zero-order chi connectivity index (χ0) is 12.4. The molecule has 0 amide bonds. The molecule has 3 nitrogen and oxygen atoms in total. The lowest BCUT2D eigenvalue weighted by molar-refractivity contribution is 0.716. The second-order valence-electron chi connectivity index (χ2n) is 4.42. The van der Waals surface area contributed by atoms with Gasteiger partial charge in [0.05, 0.1) is 17.4 Å². The molecule has 0 fully saturated rings. The molecule has 0 saturated heterocycles. The highest BCUT2D eigenvalue weighted by atomic mass is 15.0. The predicted molar refractivity (Wildman–Crippen MR) is 74.3 cm³/mol. The van der Waals surface area contributed by atoms with E-state index in [-0.39, 0.29) is 0 Å². The summed E-state index contributed by atoms with van der Waals surface area (Å²) in [7, 11) is 0. The Balaban J connectivity index is 1.83. The lowest BCUT2D eigenvalue weighted by Gasteiger charge is -2.04. The highest BCUT2D eigenvalue weighted by molar-refractivity contribution is 5.78. The number of benzene rings is 2. The molecule has 0 aliphatic carbocycles. The van der Waals surface area contributed by atoms with Crippen LogP contribution in [0.4, 0.5) is 5.69 Å². The molecule has 90 valence electrons. The Kier molecular flexibility index (Phi) is 2.73. The SMILES string of the molecule is Nc1ccc2c(c1)ncn2CCc1ccccc1. The molecule has 3 aromatic rings. The molecule has 2 N–H and O–H groups in total. The van der Waals surface area contributed by atoms with Crippen LogP contribution < -0.4 is 5.73 Å². The molecule has 0 spiro atoms. The number of rotatable bonds is 3. The maximum Gasteiger partial charge on any atom is 0.0958 e. The van der Waals surface area contributed by atoms with Gasteiger partial charge in [-0.15, -0.1) is 0 Å². The quantitative estimate of drug-likeness (QED) is 0.712. The summed E-state index contributed by atoms with van der Waals surface area (Å²) in [6.07, 6.45) is 2.89. The second kappa shape index (κ2) is 4.53. The number of fused-ring (bicyclic) bond motifs is 1. The van der Waals surface area contributed by atoms with E-state index in [1.54, 1.807) is 0 Å². The van der Waals surface area contributed by atoms with E-state index in [0.29, 0.717) is 0 Å². The molecular weight excluding hydrogens is 222 g/mol. The van der Waals surface area contributed by atoms with Crippen LogP contribution in [0.3, 0.4) is 0 Å². The number of aromatic nitrogens is 2. The minimum Gasteiger partial charge on any atom is -0.399 e. The number of hydrogen-bond acceptors (Lipinski definition) is 2. The van der Waals surface area contributed by atoms with Crippen molar-refractivity contribution >= 4 is 16.7 Å². The lowest BCUT2D eigenvalue weighted by Crippen LogP contribution is -1.99. The van der Waals surface area contributed by atoms with E-state index in [9.17, 15) is 0 Å². The summed E-state index contributed by atoms with van der Waals surface area (Å²) in [5, 5.41) is 0. The third kappa shape index (κ3) is 2.07. The second-order valence-corrected chi connectivity index (χ2v) is 4.42. The van der Waals surface area contributed by atoms with E-state index in [1.807, 2.05) is 30.6 Å². The Bertz CT molecular complexity index is 656. The van der Waals surface area contributed by atoms with Crippen LogP contribution in [-0.2, 0) is 13.0 Å². The summed E-state index contributed by atoms with van der Waals surface area (Å²) in [5.41, 5.74) is 9.95. The first-order valence-corrected chi connectivity index (χ1v) is 6.07. The van der Waals surface area contributed by atoms with Crippen LogP contribution >= 0.6 is 0 Å². The van der Waals surface area contributed by atoms with Crippen LogP contribution in [0.15, 0.2) is 54.9 Å². The van der Waals surface area contributed by atoms with Gasteiger partial charge in [-0.05, 0) is 30.2 Å². The van der Waals surface area contributed by atoms with Crippen molar-refractivity contribution in [3.63, 3.8) is 0 Å². The number of nitrogens with zero attached hydrogens (tertiary/aromatic N) is 2. The van der Waals surface area contributed by atoms with Crippen molar-refractivity contribution in [1.29, 1.82) is 0 Å². The molecular formula is C15H15N3. The normalized spacial score (nSPS) is 10.9. The fourth-order valence-corrected chi connectivity index (χ4v) is 2.15. The molecule has 0 aliphatic rings. The topological polar surface area (TPSA) is 43.8 Å². The van der Waals surface area contributed by atoms with Gasteiger partial charge < -0.3 is 10.3 Å². The standard InChI is InChI=1S/C15H15N3/c16-13-6-7-15-14(10-13)17-11-18(15)9-8-12-4-2-1-3-5-12/h1-7,10-11H,8-9,16H2. The van der Waals surface area contributed by atoms with Gasteiger partial charge in [0.15, 0.2) is 0 Å². The minimum absolute atomic E-state index is 0.760. The van der Waals surface area contributed by atoms with Gasteiger partial charge in [-0.2, -0.15) is 0 Å². The van der Waals surface area contributed by atoms with Gasteiger partial charge in [-0.3, -0.25) is 0 Å². The molecule has 18 heavy (non-hydrogen) atoms. The molecule has 0 saturated carbocycles. The third-order valence-electron chi connectivity index (χ3n) is 3.13. The highest BCUT2D eigenvalue weighted by Crippen LogP contribution is 2.16. The van der Waals surface area contributed by atoms with Gasteiger partial charge in [0.25, 0.3) is 0 Å². The van der Waals surface area contributed by atoms with Crippen molar-refractivity contribution < 1.29 is 0 Å². The molecule has 1 aromatic heterocycles. The Labute approximate surface area is 106 Å². The first-order valence-electron chi connectivity index (χ1n) is 6.07. The Morgan fingerprint density at radius 1 is 1.06 bits per heavy atom. The van der Waals surface area contributed by atoms with Crippen molar-refractivity contribution in [2.45, 2.75) is 13.0 Å². The molecule has 2 aromatic carbocycles. The molecule has 3 rings (SSSR count). The van der Waals surface area contributed by atoms with Crippen molar-refractivity contribution in [3.05, 3.63) is 60.4 Å². The third-order valence-corrected chi connectivity index (χ3v) is 3.13. The summed E-state index contributed by atoms with van der Waals surface area (Å²) in [6, 6.07) is 16.3. The van der Waals surface area contributed by atoms with E-state index in [4.69, 9.17) is 5.73 Å².